The van der Waals surface area contributed by atoms with Crippen LogP contribution in [0.25, 0.3) is 0 Å². The molecule has 4 nitrogen and oxygen atoms in total. The molecule has 94 valence electrons. The summed E-state index contributed by atoms with van der Waals surface area (Å²) in [5.74, 6) is 0.971. The van der Waals surface area contributed by atoms with Gasteiger partial charge in [0.2, 0.25) is 0 Å². The van der Waals surface area contributed by atoms with E-state index in [4.69, 9.17) is 11.6 Å². The van der Waals surface area contributed by atoms with Gasteiger partial charge < -0.3 is 5.32 Å². The van der Waals surface area contributed by atoms with Gasteiger partial charge in [-0.25, -0.2) is 0 Å². The number of amides is 1. The van der Waals surface area contributed by atoms with Crippen LogP contribution < -0.4 is 5.32 Å². The zero-order chi connectivity index (χ0) is 12.3. The monoisotopic (exact) mass is 255 g/mol. The van der Waals surface area contributed by atoms with Crippen molar-refractivity contribution in [1.29, 1.82) is 0 Å². The van der Waals surface area contributed by atoms with E-state index in [1.165, 1.54) is 6.42 Å². The number of carbonyl (C=O) groups is 1. The first-order chi connectivity index (χ1) is 8.15. The van der Waals surface area contributed by atoms with Crippen LogP contribution in [0.15, 0.2) is 12.3 Å². The van der Waals surface area contributed by atoms with Gasteiger partial charge in [-0.15, -0.1) is 11.6 Å². The van der Waals surface area contributed by atoms with Crippen LogP contribution in [0.1, 0.15) is 43.1 Å². The topological polar surface area (TPSA) is 57.8 Å². The molecule has 1 aliphatic rings. The first-order valence-electron chi connectivity index (χ1n) is 6.03. The third-order valence-corrected chi connectivity index (χ3v) is 3.98. The van der Waals surface area contributed by atoms with Crippen molar-refractivity contribution >= 4 is 17.5 Å². The Morgan fingerprint density at radius 3 is 3.18 bits per heavy atom. The molecule has 2 N–H and O–H groups in total. The van der Waals surface area contributed by atoms with Crippen LogP contribution in [0.4, 0.5) is 0 Å². The van der Waals surface area contributed by atoms with Crippen molar-refractivity contribution in [3.8, 4) is 0 Å². The number of alkyl halides is 1. The average molecular weight is 256 g/mol. The van der Waals surface area contributed by atoms with Gasteiger partial charge in [-0.3, -0.25) is 9.89 Å². The second-order valence-corrected chi connectivity index (χ2v) is 5.31. The molecule has 1 amide bonds. The molecule has 5 heteroatoms. The summed E-state index contributed by atoms with van der Waals surface area (Å²) in [4.78, 5) is 12.0. The van der Waals surface area contributed by atoms with Gasteiger partial charge in [-0.05, 0) is 24.8 Å². The summed E-state index contributed by atoms with van der Waals surface area (Å²) in [6.07, 6.45) is 5.83. The van der Waals surface area contributed by atoms with Crippen LogP contribution in [0, 0.1) is 5.92 Å². The minimum Gasteiger partial charge on any atom is -0.344 e. The van der Waals surface area contributed by atoms with Gasteiger partial charge >= 0.3 is 0 Å². The Morgan fingerprint density at radius 2 is 2.59 bits per heavy atom. The number of halogens is 1. The summed E-state index contributed by atoms with van der Waals surface area (Å²) in [7, 11) is 0. The van der Waals surface area contributed by atoms with E-state index < -0.39 is 0 Å². The SMILES string of the molecule is CC1CCCC(CCl)(NC(=O)c2ccn[nH]2)C1. The number of nitrogens with one attached hydrogen (secondary N) is 2. The lowest BCUT2D eigenvalue weighted by Gasteiger charge is -2.39. The Labute approximate surface area is 106 Å². The molecule has 17 heavy (non-hydrogen) atoms. The molecule has 0 saturated heterocycles. The molecule has 0 spiro atoms. The molecule has 1 aliphatic carbocycles. The Hall–Kier alpha value is -1.03. The standard InChI is InChI=1S/C12H18ClN3O/c1-9-3-2-5-12(7-9,8-13)15-11(17)10-4-6-14-16-10/h4,6,9H,2-3,5,7-8H2,1H3,(H,14,16)(H,15,17). The van der Waals surface area contributed by atoms with Crippen molar-refractivity contribution in [2.75, 3.05) is 5.88 Å². The first kappa shape index (κ1) is 12.4. The van der Waals surface area contributed by atoms with Gasteiger partial charge in [-0.1, -0.05) is 19.8 Å². The van der Waals surface area contributed by atoms with E-state index in [-0.39, 0.29) is 11.4 Å². The fraction of sp³-hybridized carbons (Fsp3) is 0.667. The molecule has 1 saturated carbocycles. The molecule has 2 atom stereocenters. The highest BCUT2D eigenvalue weighted by Crippen LogP contribution is 2.33. The number of hydrogen-bond donors (Lipinski definition) is 2. The normalized spacial score (nSPS) is 28.9. The van der Waals surface area contributed by atoms with Crippen molar-refractivity contribution in [3.05, 3.63) is 18.0 Å². The van der Waals surface area contributed by atoms with Crippen molar-refractivity contribution in [2.24, 2.45) is 5.92 Å². The molecular formula is C12H18ClN3O. The summed E-state index contributed by atoms with van der Waals surface area (Å²) in [6.45, 7) is 2.21. The van der Waals surface area contributed by atoms with Gasteiger partial charge in [-0.2, -0.15) is 5.10 Å². The van der Waals surface area contributed by atoms with E-state index in [2.05, 4.69) is 22.4 Å². The lowest BCUT2D eigenvalue weighted by molar-refractivity contribution is 0.0862. The fourth-order valence-electron chi connectivity index (χ4n) is 2.62. The van der Waals surface area contributed by atoms with E-state index in [0.717, 1.165) is 19.3 Å². The fourth-order valence-corrected chi connectivity index (χ4v) is 2.93. The Morgan fingerprint density at radius 1 is 1.76 bits per heavy atom. The molecular weight excluding hydrogens is 238 g/mol. The zero-order valence-electron chi connectivity index (χ0n) is 10.0. The van der Waals surface area contributed by atoms with Crippen LogP contribution in [0.3, 0.4) is 0 Å². The van der Waals surface area contributed by atoms with Crippen molar-refractivity contribution in [3.63, 3.8) is 0 Å². The maximum atomic E-state index is 12.0. The molecule has 0 aliphatic heterocycles. The van der Waals surface area contributed by atoms with Crippen molar-refractivity contribution in [1.82, 2.24) is 15.5 Å². The number of hydrogen-bond acceptors (Lipinski definition) is 2. The molecule has 0 bridgehead atoms. The minimum absolute atomic E-state index is 0.114. The number of H-pyrrole nitrogens is 1. The third kappa shape index (κ3) is 2.80. The van der Waals surface area contributed by atoms with E-state index in [9.17, 15) is 4.79 Å². The maximum Gasteiger partial charge on any atom is 0.269 e. The summed E-state index contributed by atoms with van der Waals surface area (Å²) in [6, 6.07) is 1.67. The quantitative estimate of drug-likeness (QED) is 0.815. The number of aromatic amines is 1. The predicted octanol–water partition coefficient (Wildman–Crippen LogP) is 2.33. The Balaban J connectivity index is 2.06. The molecule has 2 unspecified atom stereocenters. The zero-order valence-corrected chi connectivity index (χ0v) is 10.8. The molecule has 0 radical (unpaired) electrons. The molecule has 1 aromatic rings. The van der Waals surface area contributed by atoms with Crippen LogP contribution >= 0.6 is 11.6 Å². The molecule has 1 aromatic heterocycles. The summed E-state index contributed by atoms with van der Waals surface area (Å²) in [5, 5.41) is 9.53. The minimum atomic E-state index is -0.249. The third-order valence-electron chi connectivity index (χ3n) is 3.47. The lowest BCUT2D eigenvalue weighted by Crippen LogP contribution is -2.52. The van der Waals surface area contributed by atoms with Gasteiger partial charge in [0.25, 0.3) is 5.91 Å². The number of aromatic nitrogens is 2. The second-order valence-electron chi connectivity index (χ2n) is 5.04. The number of rotatable bonds is 3. The van der Waals surface area contributed by atoms with Gasteiger partial charge in [0, 0.05) is 12.1 Å². The number of nitrogens with zero attached hydrogens (tertiary/aromatic N) is 1. The summed E-state index contributed by atoms with van der Waals surface area (Å²) < 4.78 is 0. The van der Waals surface area contributed by atoms with Crippen LogP contribution in [-0.2, 0) is 0 Å². The highest BCUT2D eigenvalue weighted by molar-refractivity contribution is 6.19. The highest BCUT2D eigenvalue weighted by atomic mass is 35.5. The van der Waals surface area contributed by atoms with E-state index in [1.807, 2.05) is 0 Å². The Kier molecular flexibility index (Phi) is 3.72. The van der Waals surface area contributed by atoms with Gasteiger partial charge in [0.15, 0.2) is 0 Å². The lowest BCUT2D eigenvalue weighted by atomic mass is 9.77. The van der Waals surface area contributed by atoms with E-state index in [0.29, 0.717) is 17.5 Å². The van der Waals surface area contributed by atoms with Crippen LogP contribution in [0.2, 0.25) is 0 Å². The maximum absolute atomic E-state index is 12.0. The molecule has 0 aromatic carbocycles. The molecule has 1 fully saturated rings. The highest BCUT2D eigenvalue weighted by Gasteiger charge is 2.35. The van der Waals surface area contributed by atoms with Crippen LogP contribution in [0.5, 0.6) is 0 Å². The molecule has 1 heterocycles. The predicted molar refractivity (Wildman–Crippen MR) is 67.1 cm³/mol. The van der Waals surface area contributed by atoms with Gasteiger partial charge in [0.05, 0.1) is 5.54 Å². The first-order valence-corrected chi connectivity index (χ1v) is 6.56. The average Bonchev–Trinajstić information content (AvgIpc) is 2.82. The largest absolute Gasteiger partial charge is 0.344 e. The summed E-state index contributed by atoms with van der Waals surface area (Å²) in [5.41, 5.74) is 0.245. The second kappa shape index (κ2) is 5.08. The van der Waals surface area contributed by atoms with E-state index >= 15 is 0 Å². The smallest absolute Gasteiger partial charge is 0.269 e. The van der Waals surface area contributed by atoms with Crippen molar-refractivity contribution < 1.29 is 4.79 Å². The van der Waals surface area contributed by atoms with Gasteiger partial charge in [0.1, 0.15) is 5.69 Å². The van der Waals surface area contributed by atoms with Crippen LogP contribution in [-0.4, -0.2) is 27.5 Å². The molecule has 2 rings (SSSR count). The van der Waals surface area contributed by atoms with Crippen molar-refractivity contribution in [2.45, 2.75) is 38.1 Å². The van der Waals surface area contributed by atoms with E-state index in [1.54, 1.807) is 12.3 Å². The summed E-state index contributed by atoms with van der Waals surface area (Å²) >= 11 is 6.07. The number of carbonyl (C=O) groups excluding carboxylic acids is 1. The Bertz CT molecular complexity index is 379.